The van der Waals surface area contributed by atoms with Gasteiger partial charge in [0.2, 0.25) is 0 Å². The summed E-state index contributed by atoms with van der Waals surface area (Å²) in [4.78, 5) is 0. The Bertz CT molecular complexity index is 1080. The van der Waals surface area contributed by atoms with Gasteiger partial charge < -0.3 is 0 Å². The quantitative estimate of drug-likeness (QED) is 0.268. The fourth-order valence-corrected chi connectivity index (χ4v) is 3.79. The molecule has 0 heterocycles. The van der Waals surface area contributed by atoms with E-state index in [2.05, 4.69) is 129 Å². The zero-order chi connectivity index (χ0) is 17.9. The molecular weight excluding hydrogens is 448 g/mol. The van der Waals surface area contributed by atoms with Gasteiger partial charge in [-0.15, -0.1) is 0 Å². The molecule has 0 fully saturated rings. The van der Waals surface area contributed by atoms with Gasteiger partial charge in [-0.25, -0.2) is 0 Å². The van der Waals surface area contributed by atoms with E-state index in [0.29, 0.717) is 0 Å². The first-order valence-electron chi connectivity index (χ1n) is 8.42. The van der Waals surface area contributed by atoms with Crippen LogP contribution >= 0.6 is 31.9 Å². The standard InChI is InChI=1S/C24H16Br2/c25-21-14-11-19(12-15-21)18-8-5-17(6-9-18)7-10-20-13-16-24(26)23-4-2-1-3-22(20)23/h1-16H/b10-7+. The van der Waals surface area contributed by atoms with Gasteiger partial charge in [0, 0.05) is 8.95 Å². The van der Waals surface area contributed by atoms with Crippen LogP contribution in [0.3, 0.4) is 0 Å². The van der Waals surface area contributed by atoms with Crippen LogP contribution in [0.1, 0.15) is 11.1 Å². The molecule has 0 saturated carbocycles. The van der Waals surface area contributed by atoms with Crippen molar-refractivity contribution in [2.75, 3.05) is 0 Å². The molecule has 0 saturated heterocycles. The topological polar surface area (TPSA) is 0 Å². The van der Waals surface area contributed by atoms with Crippen LogP contribution in [-0.4, -0.2) is 0 Å². The van der Waals surface area contributed by atoms with Gasteiger partial charge in [-0.05, 0) is 51.2 Å². The maximum atomic E-state index is 3.63. The van der Waals surface area contributed by atoms with E-state index in [-0.39, 0.29) is 0 Å². The second kappa shape index (κ2) is 7.61. The second-order valence-corrected chi connectivity index (χ2v) is 7.91. The van der Waals surface area contributed by atoms with Crippen molar-refractivity contribution in [1.29, 1.82) is 0 Å². The molecule has 4 aromatic rings. The van der Waals surface area contributed by atoms with Crippen LogP contribution in [0, 0.1) is 0 Å². The average Bonchev–Trinajstić information content (AvgIpc) is 2.69. The number of hydrogen-bond donors (Lipinski definition) is 0. The summed E-state index contributed by atoms with van der Waals surface area (Å²) in [6.07, 6.45) is 4.35. The molecule has 0 nitrogen and oxygen atoms in total. The third kappa shape index (κ3) is 3.67. The molecule has 0 aliphatic heterocycles. The van der Waals surface area contributed by atoms with Crippen LogP contribution in [0.15, 0.2) is 93.9 Å². The van der Waals surface area contributed by atoms with E-state index in [9.17, 15) is 0 Å². The van der Waals surface area contributed by atoms with Gasteiger partial charge in [-0.2, -0.15) is 0 Å². The van der Waals surface area contributed by atoms with Crippen LogP contribution in [0.25, 0.3) is 34.1 Å². The van der Waals surface area contributed by atoms with E-state index < -0.39 is 0 Å². The molecule has 0 radical (unpaired) electrons. The average molecular weight is 464 g/mol. The Balaban J connectivity index is 1.62. The molecule has 0 aromatic heterocycles. The van der Waals surface area contributed by atoms with Gasteiger partial charge in [0.05, 0.1) is 0 Å². The molecule has 26 heavy (non-hydrogen) atoms. The lowest BCUT2D eigenvalue weighted by molar-refractivity contribution is 1.58. The van der Waals surface area contributed by atoms with Crippen molar-refractivity contribution in [3.8, 4) is 11.1 Å². The zero-order valence-corrected chi connectivity index (χ0v) is 17.2. The maximum Gasteiger partial charge on any atom is 0.0254 e. The number of rotatable bonds is 3. The van der Waals surface area contributed by atoms with Crippen LogP contribution in [0.5, 0.6) is 0 Å². The van der Waals surface area contributed by atoms with Crippen molar-refractivity contribution in [3.63, 3.8) is 0 Å². The Morgan fingerprint density at radius 3 is 1.85 bits per heavy atom. The molecule has 4 aromatic carbocycles. The highest BCUT2D eigenvalue weighted by Crippen LogP contribution is 2.28. The number of benzene rings is 4. The Kier molecular flexibility index (Phi) is 5.05. The largest absolute Gasteiger partial charge is 0.0616 e. The molecule has 0 unspecified atom stereocenters. The lowest BCUT2D eigenvalue weighted by Gasteiger charge is -2.05. The Morgan fingerprint density at radius 2 is 1.15 bits per heavy atom. The molecule has 0 aliphatic carbocycles. The molecule has 0 spiro atoms. The fourth-order valence-electron chi connectivity index (χ4n) is 3.05. The van der Waals surface area contributed by atoms with Crippen molar-refractivity contribution < 1.29 is 0 Å². The molecule has 126 valence electrons. The molecule has 0 aliphatic rings. The second-order valence-electron chi connectivity index (χ2n) is 6.14. The Morgan fingerprint density at radius 1 is 0.538 bits per heavy atom. The van der Waals surface area contributed by atoms with Crippen molar-refractivity contribution in [2.45, 2.75) is 0 Å². The third-order valence-corrected chi connectivity index (χ3v) is 5.67. The van der Waals surface area contributed by atoms with Gasteiger partial charge in [0.25, 0.3) is 0 Å². The van der Waals surface area contributed by atoms with Crippen molar-refractivity contribution in [2.24, 2.45) is 0 Å². The summed E-state index contributed by atoms with van der Waals surface area (Å²) in [7, 11) is 0. The summed E-state index contributed by atoms with van der Waals surface area (Å²) in [5.74, 6) is 0. The van der Waals surface area contributed by atoms with Gasteiger partial charge in [0.1, 0.15) is 0 Å². The molecule has 4 rings (SSSR count). The minimum Gasteiger partial charge on any atom is -0.0616 e. The predicted molar refractivity (Wildman–Crippen MR) is 120 cm³/mol. The van der Waals surface area contributed by atoms with Gasteiger partial charge in [-0.3, -0.25) is 0 Å². The lowest BCUT2D eigenvalue weighted by atomic mass is 10.0. The highest BCUT2D eigenvalue weighted by atomic mass is 79.9. The molecule has 0 atom stereocenters. The smallest absolute Gasteiger partial charge is 0.0254 e. The first-order valence-corrected chi connectivity index (χ1v) is 10.0. The summed E-state index contributed by atoms with van der Waals surface area (Å²) in [5, 5.41) is 2.49. The monoisotopic (exact) mass is 462 g/mol. The molecule has 2 heteroatoms. The zero-order valence-electron chi connectivity index (χ0n) is 14.0. The highest BCUT2D eigenvalue weighted by molar-refractivity contribution is 9.11. The normalized spacial score (nSPS) is 11.3. The molecule has 0 amide bonds. The maximum absolute atomic E-state index is 3.63. The highest BCUT2D eigenvalue weighted by Gasteiger charge is 2.02. The number of fused-ring (bicyclic) bond motifs is 1. The van der Waals surface area contributed by atoms with Crippen LogP contribution in [0.4, 0.5) is 0 Å². The van der Waals surface area contributed by atoms with E-state index in [1.54, 1.807) is 0 Å². The minimum atomic E-state index is 1.10. The number of hydrogen-bond acceptors (Lipinski definition) is 0. The van der Waals surface area contributed by atoms with Crippen LogP contribution in [0.2, 0.25) is 0 Å². The van der Waals surface area contributed by atoms with Gasteiger partial charge in [-0.1, -0.05) is 111 Å². The summed E-state index contributed by atoms with van der Waals surface area (Å²) >= 11 is 7.12. The van der Waals surface area contributed by atoms with Crippen LogP contribution in [-0.2, 0) is 0 Å². The fraction of sp³-hybridized carbons (Fsp3) is 0. The van der Waals surface area contributed by atoms with Gasteiger partial charge >= 0.3 is 0 Å². The molecular formula is C24H16Br2. The van der Waals surface area contributed by atoms with Crippen LogP contribution < -0.4 is 0 Å². The Hall–Kier alpha value is -2.16. The van der Waals surface area contributed by atoms with Crippen molar-refractivity contribution in [1.82, 2.24) is 0 Å². The Labute approximate surface area is 170 Å². The van der Waals surface area contributed by atoms with E-state index >= 15 is 0 Å². The van der Waals surface area contributed by atoms with Crippen molar-refractivity contribution in [3.05, 3.63) is 105 Å². The third-order valence-electron chi connectivity index (χ3n) is 4.45. The predicted octanol–water partition coefficient (Wildman–Crippen LogP) is 8.20. The van der Waals surface area contributed by atoms with Gasteiger partial charge in [0.15, 0.2) is 0 Å². The summed E-state index contributed by atoms with van der Waals surface area (Å²) in [6, 6.07) is 29.8. The lowest BCUT2D eigenvalue weighted by Crippen LogP contribution is -1.81. The summed E-state index contributed by atoms with van der Waals surface area (Å²) in [5.41, 5.74) is 4.87. The SMILES string of the molecule is Brc1ccc(-c2ccc(/C=C/c3ccc(Br)c4ccccc34)cc2)cc1. The van der Waals surface area contributed by atoms with E-state index in [4.69, 9.17) is 0 Å². The molecule has 0 bridgehead atoms. The van der Waals surface area contributed by atoms with E-state index in [1.807, 2.05) is 0 Å². The number of halogens is 2. The minimum absolute atomic E-state index is 1.10. The van der Waals surface area contributed by atoms with E-state index in [1.165, 1.54) is 33.0 Å². The summed E-state index contributed by atoms with van der Waals surface area (Å²) < 4.78 is 2.23. The first-order chi connectivity index (χ1) is 12.7. The summed E-state index contributed by atoms with van der Waals surface area (Å²) in [6.45, 7) is 0. The first kappa shape index (κ1) is 17.3. The van der Waals surface area contributed by atoms with E-state index in [0.717, 1.165) is 8.95 Å². The molecule has 0 N–H and O–H groups in total. The van der Waals surface area contributed by atoms with Crippen molar-refractivity contribution >= 4 is 54.8 Å².